The van der Waals surface area contributed by atoms with E-state index in [-0.39, 0.29) is 5.91 Å². The van der Waals surface area contributed by atoms with Gasteiger partial charge in [0.1, 0.15) is 0 Å². The summed E-state index contributed by atoms with van der Waals surface area (Å²) in [7, 11) is 0. The molecule has 1 saturated heterocycles. The summed E-state index contributed by atoms with van der Waals surface area (Å²) in [6.45, 7) is 5.33. The Labute approximate surface area is 125 Å². The third-order valence-corrected chi connectivity index (χ3v) is 3.51. The lowest BCUT2D eigenvalue weighted by Gasteiger charge is -2.28. The number of hydrogen-bond donors (Lipinski definition) is 1. The van der Waals surface area contributed by atoms with Crippen LogP contribution in [0.1, 0.15) is 40.5 Å². The molecule has 21 heavy (non-hydrogen) atoms. The second-order valence-corrected chi connectivity index (χ2v) is 5.08. The van der Waals surface area contributed by atoms with Crippen molar-refractivity contribution in [1.82, 2.24) is 10.2 Å². The van der Waals surface area contributed by atoms with Crippen LogP contribution in [-0.2, 0) is 4.74 Å². The zero-order valence-corrected chi connectivity index (χ0v) is 12.4. The highest BCUT2D eigenvalue weighted by molar-refractivity contribution is 6.05. The average molecular weight is 290 g/mol. The van der Waals surface area contributed by atoms with Crippen LogP contribution in [0.5, 0.6) is 0 Å². The lowest BCUT2D eigenvalue weighted by Crippen LogP contribution is -2.46. The molecule has 0 spiro atoms. The van der Waals surface area contributed by atoms with E-state index in [1.807, 2.05) is 6.92 Å². The molecule has 0 atom stereocenters. The molecule has 1 aromatic carbocycles. The second-order valence-electron chi connectivity index (χ2n) is 5.08. The van der Waals surface area contributed by atoms with E-state index in [9.17, 15) is 9.59 Å². The number of ether oxygens (including phenoxy) is 1. The van der Waals surface area contributed by atoms with Crippen molar-refractivity contribution in [1.29, 1.82) is 0 Å². The molecular weight excluding hydrogens is 268 g/mol. The predicted molar refractivity (Wildman–Crippen MR) is 80.4 cm³/mol. The second kappa shape index (κ2) is 7.78. The quantitative estimate of drug-likeness (QED) is 0.662. The van der Waals surface area contributed by atoms with Crippen molar-refractivity contribution >= 4 is 11.9 Å². The molecule has 5 heteroatoms. The van der Waals surface area contributed by atoms with Crippen LogP contribution in [0.3, 0.4) is 0 Å². The van der Waals surface area contributed by atoms with Crippen molar-refractivity contribution in [3.63, 3.8) is 0 Å². The molecule has 1 heterocycles. The van der Waals surface area contributed by atoms with Gasteiger partial charge in [0.05, 0.1) is 17.7 Å². The van der Waals surface area contributed by atoms with Crippen LogP contribution in [0, 0.1) is 0 Å². The lowest BCUT2D eigenvalue weighted by molar-refractivity contribution is 0.0492. The van der Waals surface area contributed by atoms with E-state index in [1.54, 1.807) is 29.2 Å². The van der Waals surface area contributed by atoms with Gasteiger partial charge in [-0.1, -0.05) is 25.5 Å². The van der Waals surface area contributed by atoms with Crippen molar-refractivity contribution in [2.24, 2.45) is 0 Å². The van der Waals surface area contributed by atoms with Gasteiger partial charge < -0.3 is 15.0 Å². The van der Waals surface area contributed by atoms with Crippen LogP contribution in [-0.4, -0.2) is 49.6 Å². The molecule has 5 nitrogen and oxygen atoms in total. The van der Waals surface area contributed by atoms with Gasteiger partial charge >= 0.3 is 5.97 Å². The molecule has 1 amide bonds. The van der Waals surface area contributed by atoms with Crippen LogP contribution in [0.4, 0.5) is 0 Å². The number of hydrogen-bond acceptors (Lipinski definition) is 4. The largest absolute Gasteiger partial charge is 0.462 e. The first-order valence-electron chi connectivity index (χ1n) is 7.50. The maximum Gasteiger partial charge on any atom is 0.338 e. The fourth-order valence-electron chi connectivity index (χ4n) is 2.27. The number of nitrogens with zero attached hydrogens (tertiary/aromatic N) is 1. The number of unbranched alkanes of at least 4 members (excludes halogenated alkanes) is 1. The average Bonchev–Trinajstić information content (AvgIpc) is 2.55. The molecule has 0 aliphatic carbocycles. The number of piperazine rings is 1. The summed E-state index contributed by atoms with van der Waals surface area (Å²) in [6.07, 6.45) is 1.80. The van der Waals surface area contributed by atoms with Gasteiger partial charge in [-0.3, -0.25) is 4.79 Å². The number of benzene rings is 1. The van der Waals surface area contributed by atoms with Gasteiger partial charge in [-0.15, -0.1) is 0 Å². The molecule has 0 aromatic heterocycles. The van der Waals surface area contributed by atoms with Crippen LogP contribution in [0.25, 0.3) is 0 Å². The molecule has 2 rings (SSSR count). The normalized spacial score (nSPS) is 14.8. The summed E-state index contributed by atoms with van der Waals surface area (Å²) in [4.78, 5) is 26.4. The minimum absolute atomic E-state index is 0.0976. The van der Waals surface area contributed by atoms with Crippen molar-refractivity contribution in [3.8, 4) is 0 Å². The molecule has 1 aliphatic heterocycles. The summed E-state index contributed by atoms with van der Waals surface area (Å²) in [5.74, 6) is -0.512. The zero-order chi connectivity index (χ0) is 15.1. The molecule has 0 bridgehead atoms. The van der Waals surface area contributed by atoms with Gasteiger partial charge in [0.2, 0.25) is 0 Å². The van der Waals surface area contributed by atoms with Gasteiger partial charge in [0, 0.05) is 26.2 Å². The Balaban J connectivity index is 2.12. The number of nitrogens with one attached hydrogen (secondary N) is 1. The van der Waals surface area contributed by atoms with E-state index in [0.29, 0.717) is 30.8 Å². The molecule has 1 N–H and O–H groups in total. The Hall–Kier alpha value is -1.88. The summed E-state index contributed by atoms with van der Waals surface area (Å²) in [5.41, 5.74) is 0.790. The van der Waals surface area contributed by atoms with Crippen molar-refractivity contribution in [3.05, 3.63) is 35.4 Å². The highest BCUT2D eigenvalue weighted by Crippen LogP contribution is 2.14. The van der Waals surface area contributed by atoms with Crippen LogP contribution in [0.15, 0.2) is 24.3 Å². The molecule has 0 saturated carbocycles. The Morgan fingerprint density at radius 1 is 1.19 bits per heavy atom. The first kappa shape index (κ1) is 15.5. The topological polar surface area (TPSA) is 58.6 Å². The number of carbonyl (C=O) groups is 2. The highest BCUT2D eigenvalue weighted by Gasteiger charge is 2.23. The minimum Gasteiger partial charge on any atom is -0.462 e. The van der Waals surface area contributed by atoms with Gasteiger partial charge in [-0.25, -0.2) is 4.79 Å². The van der Waals surface area contributed by atoms with Crippen LogP contribution in [0.2, 0.25) is 0 Å². The van der Waals surface area contributed by atoms with Crippen molar-refractivity contribution in [2.75, 3.05) is 32.8 Å². The van der Waals surface area contributed by atoms with E-state index in [1.165, 1.54) is 0 Å². The maximum atomic E-state index is 12.5. The SMILES string of the molecule is CCCCOC(=O)c1ccccc1C(=O)N1CCNCC1. The first-order valence-corrected chi connectivity index (χ1v) is 7.50. The fraction of sp³-hybridized carbons (Fsp3) is 0.500. The van der Waals surface area contributed by atoms with Gasteiger partial charge in [-0.05, 0) is 18.6 Å². The van der Waals surface area contributed by atoms with Gasteiger partial charge in [0.15, 0.2) is 0 Å². The molecule has 1 fully saturated rings. The maximum absolute atomic E-state index is 12.5. The third-order valence-electron chi connectivity index (χ3n) is 3.51. The van der Waals surface area contributed by atoms with Gasteiger partial charge in [0.25, 0.3) is 5.91 Å². The van der Waals surface area contributed by atoms with E-state index in [4.69, 9.17) is 4.74 Å². The minimum atomic E-state index is -0.414. The fourth-order valence-corrected chi connectivity index (χ4v) is 2.27. The monoisotopic (exact) mass is 290 g/mol. The van der Waals surface area contributed by atoms with Crippen molar-refractivity contribution < 1.29 is 14.3 Å². The molecule has 0 unspecified atom stereocenters. The Bertz CT molecular complexity index is 496. The zero-order valence-electron chi connectivity index (χ0n) is 12.4. The highest BCUT2D eigenvalue weighted by atomic mass is 16.5. The standard InChI is InChI=1S/C16H22N2O3/c1-2-3-12-21-16(20)14-7-5-4-6-13(14)15(19)18-10-8-17-9-11-18/h4-7,17H,2-3,8-12H2,1H3. The predicted octanol–water partition coefficient (Wildman–Crippen LogP) is 1.69. The van der Waals surface area contributed by atoms with Crippen LogP contribution >= 0.6 is 0 Å². The van der Waals surface area contributed by atoms with Crippen molar-refractivity contribution in [2.45, 2.75) is 19.8 Å². The molecule has 1 aliphatic rings. The number of carbonyl (C=O) groups excluding carboxylic acids is 2. The Kier molecular flexibility index (Phi) is 5.75. The molecule has 114 valence electrons. The Morgan fingerprint density at radius 2 is 1.86 bits per heavy atom. The van der Waals surface area contributed by atoms with E-state index in [0.717, 1.165) is 25.9 Å². The van der Waals surface area contributed by atoms with Crippen LogP contribution < -0.4 is 5.32 Å². The molecular formula is C16H22N2O3. The van der Waals surface area contributed by atoms with E-state index >= 15 is 0 Å². The molecule has 1 aromatic rings. The summed E-state index contributed by atoms with van der Waals surface area (Å²) < 4.78 is 5.22. The smallest absolute Gasteiger partial charge is 0.338 e. The van der Waals surface area contributed by atoms with E-state index < -0.39 is 5.97 Å². The number of esters is 1. The van der Waals surface area contributed by atoms with Gasteiger partial charge in [-0.2, -0.15) is 0 Å². The van der Waals surface area contributed by atoms with E-state index in [2.05, 4.69) is 5.32 Å². The summed E-state index contributed by atoms with van der Waals surface area (Å²) in [5, 5.41) is 3.21. The third kappa shape index (κ3) is 4.04. The first-order chi connectivity index (χ1) is 10.2. The number of amides is 1. The molecule has 0 radical (unpaired) electrons. The lowest BCUT2D eigenvalue weighted by atomic mass is 10.1. The number of rotatable bonds is 5. The summed E-state index contributed by atoms with van der Waals surface area (Å²) >= 11 is 0. The summed E-state index contributed by atoms with van der Waals surface area (Å²) in [6, 6.07) is 6.88. The Morgan fingerprint density at radius 3 is 2.52 bits per heavy atom.